The Hall–Kier alpha value is -3.10. The Morgan fingerprint density at radius 1 is 1.05 bits per heavy atom. The maximum atomic E-state index is 14.4. The van der Waals surface area contributed by atoms with E-state index in [0.717, 1.165) is 37.7 Å². The van der Waals surface area contributed by atoms with Crippen LogP contribution < -0.4 is 16.4 Å². The quantitative estimate of drug-likeness (QED) is 0.373. The van der Waals surface area contributed by atoms with Crippen molar-refractivity contribution in [1.82, 2.24) is 15.5 Å². The van der Waals surface area contributed by atoms with Gasteiger partial charge in [-0.15, -0.1) is 0 Å². The van der Waals surface area contributed by atoms with Crippen LogP contribution in [0.15, 0.2) is 24.3 Å². The van der Waals surface area contributed by atoms with Crippen molar-refractivity contribution < 1.29 is 23.9 Å². The number of nitrogens with one attached hydrogen (secondary N) is 2. The van der Waals surface area contributed by atoms with Crippen molar-refractivity contribution >= 4 is 23.8 Å². The number of amides is 4. The second-order valence-electron chi connectivity index (χ2n) is 12.2. The lowest BCUT2D eigenvalue weighted by atomic mass is 9.89. The first-order chi connectivity index (χ1) is 18.2. The van der Waals surface area contributed by atoms with E-state index in [4.69, 9.17) is 10.5 Å². The summed E-state index contributed by atoms with van der Waals surface area (Å²) in [6.45, 7) is 12.9. The highest BCUT2D eigenvalue weighted by Gasteiger charge is 2.44. The number of carbonyl (C=O) groups is 4. The van der Waals surface area contributed by atoms with E-state index >= 15 is 0 Å². The van der Waals surface area contributed by atoms with Gasteiger partial charge in [0, 0.05) is 18.0 Å². The summed E-state index contributed by atoms with van der Waals surface area (Å²) in [5.74, 6) is -1.32. The lowest BCUT2D eigenvalue weighted by molar-refractivity contribution is -0.150. The molecule has 1 aromatic rings. The molecular weight excluding hydrogens is 496 g/mol. The molecule has 2 rings (SSSR count). The van der Waals surface area contributed by atoms with E-state index in [1.807, 2.05) is 52.0 Å². The normalized spacial score (nSPS) is 16.1. The summed E-state index contributed by atoms with van der Waals surface area (Å²) in [5, 5.41) is 5.87. The molecule has 0 aromatic heterocycles. The van der Waals surface area contributed by atoms with Crippen molar-refractivity contribution in [2.24, 2.45) is 5.73 Å². The summed E-state index contributed by atoms with van der Waals surface area (Å²) >= 11 is 0. The Labute approximate surface area is 233 Å². The lowest BCUT2D eigenvalue weighted by Gasteiger charge is -2.45. The summed E-state index contributed by atoms with van der Waals surface area (Å²) in [7, 11) is 0. The minimum Gasteiger partial charge on any atom is -0.444 e. The van der Waals surface area contributed by atoms with Crippen LogP contribution in [0.5, 0.6) is 0 Å². The van der Waals surface area contributed by atoms with Crippen molar-refractivity contribution in [3.05, 3.63) is 35.4 Å². The third-order valence-corrected chi connectivity index (χ3v) is 7.36. The van der Waals surface area contributed by atoms with Crippen molar-refractivity contribution in [2.75, 3.05) is 0 Å². The number of primary amides is 1. The van der Waals surface area contributed by atoms with Crippen molar-refractivity contribution in [1.29, 1.82) is 0 Å². The van der Waals surface area contributed by atoms with Crippen LogP contribution in [0, 0.1) is 6.92 Å². The number of nitrogens with zero attached hydrogens (tertiary/aromatic N) is 1. The van der Waals surface area contributed by atoms with Crippen LogP contribution in [0.3, 0.4) is 0 Å². The average Bonchev–Trinajstić information content (AvgIpc) is 2.84. The van der Waals surface area contributed by atoms with Gasteiger partial charge in [0.05, 0.1) is 0 Å². The highest BCUT2D eigenvalue weighted by atomic mass is 16.6. The van der Waals surface area contributed by atoms with Gasteiger partial charge in [0.2, 0.25) is 17.7 Å². The van der Waals surface area contributed by atoms with Gasteiger partial charge in [-0.2, -0.15) is 0 Å². The predicted molar refractivity (Wildman–Crippen MR) is 152 cm³/mol. The van der Waals surface area contributed by atoms with E-state index in [9.17, 15) is 19.2 Å². The first-order valence-electron chi connectivity index (χ1n) is 14.1. The predicted octanol–water partition coefficient (Wildman–Crippen LogP) is 4.66. The number of rotatable bonds is 11. The number of aryl methyl sites for hydroxylation is 1. The third kappa shape index (κ3) is 9.55. The Morgan fingerprint density at radius 3 is 2.21 bits per heavy atom. The summed E-state index contributed by atoms with van der Waals surface area (Å²) in [6.07, 6.45) is 4.70. The minimum atomic E-state index is -1.12. The largest absolute Gasteiger partial charge is 0.444 e. The molecule has 4 amide bonds. The molecule has 2 atom stereocenters. The molecule has 4 N–H and O–H groups in total. The number of ether oxygens (including phenoxy) is 1. The van der Waals surface area contributed by atoms with E-state index in [2.05, 4.69) is 10.6 Å². The third-order valence-electron chi connectivity index (χ3n) is 7.36. The minimum absolute atomic E-state index is 0.0194. The second kappa shape index (κ2) is 13.8. The van der Waals surface area contributed by atoms with Gasteiger partial charge in [0.15, 0.2) is 0 Å². The van der Waals surface area contributed by atoms with Gasteiger partial charge in [-0.05, 0) is 78.4 Å². The summed E-state index contributed by atoms with van der Waals surface area (Å²) in [6, 6.07) is 5.53. The van der Waals surface area contributed by atoms with E-state index in [-0.39, 0.29) is 24.8 Å². The zero-order valence-electron chi connectivity index (χ0n) is 24.8. The topological polar surface area (TPSA) is 131 Å². The Morgan fingerprint density at radius 2 is 1.67 bits per heavy atom. The second-order valence-corrected chi connectivity index (χ2v) is 12.2. The highest BCUT2D eigenvalue weighted by molar-refractivity contribution is 5.93. The molecule has 9 nitrogen and oxygen atoms in total. The van der Waals surface area contributed by atoms with Crippen LogP contribution in [-0.2, 0) is 19.1 Å². The fourth-order valence-corrected chi connectivity index (χ4v) is 4.93. The smallest absolute Gasteiger partial charge is 0.408 e. The lowest BCUT2D eigenvalue weighted by Crippen LogP contribution is -2.60. The molecule has 0 bridgehead atoms. The molecule has 0 spiro atoms. The van der Waals surface area contributed by atoms with Crippen LogP contribution in [0.4, 0.5) is 4.79 Å². The molecule has 2 unspecified atom stereocenters. The number of hydrogen-bond acceptors (Lipinski definition) is 5. The molecule has 0 saturated heterocycles. The summed E-state index contributed by atoms with van der Waals surface area (Å²) in [5.41, 5.74) is 5.45. The number of hydrogen-bond donors (Lipinski definition) is 3. The van der Waals surface area contributed by atoms with Gasteiger partial charge in [-0.3, -0.25) is 14.4 Å². The maximum Gasteiger partial charge on any atom is 0.408 e. The summed E-state index contributed by atoms with van der Waals surface area (Å²) < 4.78 is 5.41. The van der Waals surface area contributed by atoms with Gasteiger partial charge in [0.1, 0.15) is 17.7 Å². The van der Waals surface area contributed by atoms with Crippen LogP contribution in [0.25, 0.3) is 0 Å². The molecule has 1 aromatic carbocycles. The van der Waals surface area contributed by atoms with Gasteiger partial charge in [-0.25, -0.2) is 4.79 Å². The maximum absolute atomic E-state index is 14.4. The van der Waals surface area contributed by atoms with Crippen LogP contribution in [0.2, 0.25) is 0 Å². The molecule has 9 heteroatoms. The Balaban J connectivity index is 2.58. The zero-order chi connectivity index (χ0) is 29.4. The molecule has 0 heterocycles. The van der Waals surface area contributed by atoms with Crippen LogP contribution >= 0.6 is 0 Å². The number of alkyl carbamates (subject to hydrolysis) is 1. The zero-order valence-corrected chi connectivity index (χ0v) is 24.8. The number of carbonyl (C=O) groups excluding carboxylic acids is 4. The van der Waals surface area contributed by atoms with Crippen molar-refractivity contribution in [3.63, 3.8) is 0 Å². The molecule has 1 saturated carbocycles. The van der Waals surface area contributed by atoms with E-state index in [1.54, 1.807) is 25.7 Å². The molecule has 218 valence electrons. The molecular formula is C30H48N4O5. The highest BCUT2D eigenvalue weighted by Crippen LogP contribution is 2.34. The molecule has 0 radical (unpaired) electrons. The van der Waals surface area contributed by atoms with Crippen molar-refractivity contribution in [2.45, 2.75) is 129 Å². The first-order valence-corrected chi connectivity index (χ1v) is 14.1. The summed E-state index contributed by atoms with van der Waals surface area (Å²) in [4.78, 5) is 54.5. The molecule has 0 aliphatic heterocycles. The van der Waals surface area contributed by atoms with Gasteiger partial charge >= 0.3 is 6.09 Å². The molecule has 39 heavy (non-hydrogen) atoms. The molecule has 1 aliphatic rings. The molecule has 1 aliphatic carbocycles. The Bertz CT molecular complexity index is 1010. The van der Waals surface area contributed by atoms with Crippen LogP contribution in [0.1, 0.15) is 110 Å². The standard InChI is InChI=1S/C30H48N4O5/c1-8-30(6,7)34(27(37)23(18-19-24(31)35)33-28(38)39-29(3,4)5)25(22-17-13-12-14-20(22)2)26(36)32-21-15-10-9-11-16-21/h12-14,17,21,23,25H,8-11,15-16,18-19H2,1-7H3,(H2,31,35)(H,32,36)(H,33,38). The van der Waals surface area contributed by atoms with Crippen molar-refractivity contribution in [3.8, 4) is 0 Å². The SMILES string of the molecule is CCC(C)(C)N(C(=O)C(CCC(N)=O)NC(=O)OC(C)(C)C)C(C(=O)NC1CCCCC1)c1ccccc1C. The van der Waals surface area contributed by atoms with Gasteiger partial charge in [0.25, 0.3) is 0 Å². The number of benzene rings is 1. The van der Waals surface area contributed by atoms with Gasteiger partial charge in [-0.1, -0.05) is 50.5 Å². The fourth-order valence-electron chi connectivity index (χ4n) is 4.93. The van der Waals surface area contributed by atoms with Gasteiger partial charge < -0.3 is 26.0 Å². The van der Waals surface area contributed by atoms with E-state index in [0.29, 0.717) is 12.0 Å². The monoisotopic (exact) mass is 544 g/mol. The first kappa shape index (κ1) is 32.1. The van der Waals surface area contributed by atoms with E-state index in [1.165, 1.54) is 0 Å². The van der Waals surface area contributed by atoms with Crippen LogP contribution in [-0.4, -0.2) is 51.9 Å². The fraction of sp³-hybridized carbons (Fsp3) is 0.667. The number of nitrogens with two attached hydrogens (primary N) is 1. The van der Waals surface area contributed by atoms with E-state index < -0.39 is 41.1 Å². The average molecular weight is 545 g/mol. The molecule has 1 fully saturated rings. The Kier molecular flexibility index (Phi) is 11.4.